The zero-order valence-corrected chi connectivity index (χ0v) is 15.2. The van der Waals surface area contributed by atoms with E-state index in [1.165, 1.54) is 23.7 Å². The molecule has 4 heteroatoms. The molecule has 0 aromatic heterocycles. The van der Waals surface area contributed by atoms with Gasteiger partial charge in [0.2, 0.25) is 0 Å². The molecule has 0 aromatic rings. The molecule has 3 rings (SSSR count). The highest BCUT2D eigenvalue weighted by atomic mass is 16.5. The number of hydrogen-bond acceptors (Lipinski definition) is 4. The van der Waals surface area contributed by atoms with Crippen LogP contribution >= 0.6 is 0 Å². The monoisotopic (exact) mass is 336 g/mol. The molecule has 3 aliphatic carbocycles. The van der Waals surface area contributed by atoms with Crippen LogP contribution in [0.3, 0.4) is 0 Å². The predicted octanol–water partition coefficient (Wildman–Crippen LogP) is 4.30. The second-order valence-electron chi connectivity index (χ2n) is 6.50. The number of carbonyl (C=O) groups is 2. The molecule has 0 radical (unpaired) electrons. The number of fused-ring (bicyclic) bond motifs is 5. The van der Waals surface area contributed by atoms with E-state index in [1.807, 2.05) is 0 Å². The van der Waals surface area contributed by atoms with Crippen LogP contribution in [-0.2, 0) is 19.1 Å². The highest BCUT2D eigenvalue weighted by Crippen LogP contribution is 2.58. The lowest BCUT2D eigenvalue weighted by Crippen LogP contribution is -2.15. The Bertz CT molecular complexity index is 391. The summed E-state index contributed by atoms with van der Waals surface area (Å²) in [7, 11) is 0. The summed E-state index contributed by atoms with van der Waals surface area (Å²) in [6.07, 6.45) is 11.8. The van der Waals surface area contributed by atoms with E-state index in [9.17, 15) is 9.59 Å². The summed E-state index contributed by atoms with van der Waals surface area (Å²) in [5, 5.41) is 0. The fraction of sp³-hybridized carbons (Fsp3) is 0.700. The molecule has 0 N–H and O–H groups in total. The van der Waals surface area contributed by atoms with Crippen LogP contribution in [0.25, 0.3) is 0 Å². The molecule has 3 saturated carbocycles. The summed E-state index contributed by atoms with van der Waals surface area (Å²) in [6, 6.07) is 0. The van der Waals surface area contributed by atoms with Crippen molar-refractivity contribution in [2.75, 3.05) is 13.2 Å². The topological polar surface area (TPSA) is 52.6 Å². The maximum Gasteiger partial charge on any atom is 0.330 e. The third-order valence-electron chi connectivity index (χ3n) is 5.26. The maximum absolute atomic E-state index is 10.1. The fourth-order valence-corrected chi connectivity index (χ4v) is 4.42. The molecule has 0 spiro atoms. The lowest BCUT2D eigenvalue weighted by atomic mass is 9.82. The van der Waals surface area contributed by atoms with E-state index in [-0.39, 0.29) is 11.9 Å². The number of ether oxygens (including phenoxy) is 2. The van der Waals surface area contributed by atoms with Crippen LogP contribution in [0.15, 0.2) is 25.3 Å². The van der Waals surface area contributed by atoms with Crippen LogP contribution < -0.4 is 0 Å². The molecule has 2 bridgehead atoms. The first-order valence-electron chi connectivity index (χ1n) is 9.15. The smallest absolute Gasteiger partial charge is 0.330 e. The summed E-state index contributed by atoms with van der Waals surface area (Å²) in [5.74, 6) is 4.08. The molecule has 2 unspecified atom stereocenters. The molecule has 0 saturated heterocycles. The van der Waals surface area contributed by atoms with Crippen LogP contribution in [0.2, 0.25) is 0 Å². The van der Waals surface area contributed by atoms with E-state index in [1.54, 1.807) is 52.4 Å². The van der Waals surface area contributed by atoms with E-state index in [2.05, 4.69) is 22.6 Å². The Balaban J connectivity index is 0.000000188. The molecule has 3 fully saturated rings. The minimum Gasteiger partial charge on any atom is -0.463 e. The second kappa shape index (κ2) is 11.1. The van der Waals surface area contributed by atoms with E-state index in [0.29, 0.717) is 13.2 Å². The van der Waals surface area contributed by atoms with Gasteiger partial charge in [-0.2, -0.15) is 0 Å². The van der Waals surface area contributed by atoms with E-state index < -0.39 is 0 Å². The zero-order valence-electron chi connectivity index (χ0n) is 15.2. The van der Waals surface area contributed by atoms with Gasteiger partial charge in [0, 0.05) is 12.2 Å². The number of carbonyl (C=O) groups excluding carboxylic acids is 2. The predicted molar refractivity (Wildman–Crippen MR) is 95.3 cm³/mol. The van der Waals surface area contributed by atoms with Crippen molar-refractivity contribution in [3.05, 3.63) is 25.3 Å². The van der Waals surface area contributed by atoms with Crippen molar-refractivity contribution in [3.63, 3.8) is 0 Å². The molecule has 4 nitrogen and oxygen atoms in total. The van der Waals surface area contributed by atoms with Crippen molar-refractivity contribution in [3.8, 4) is 0 Å². The minimum absolute atomic E-state index is 0.359. The molecule has 0 amide bonds. The Morgan fingerprint density at radius 2 is 1.29 bits per heavy atom. The van der Waals surface area contributed by atoms with Gasteiger partial charge in [-0.15, -0.1) is 0 Å². The zero-order chi connectivity index (χ0) is 17.9. The average Bonchev–Trinajstić information content (AvgIpc) is 3.30. The van der Waals surface area contributed by atoms with Crippen molar-refractivity contribution < 1.29 is 19.1 Å². The van der Waals surface area contributed by atoms with Gasteiger partial charge in [0.05, 0.1) is 13.2 Å². The van der Waals surface area contributed by atoms with Crippen LogP contribution in [0.1, 0.15) is 52.4 Å². The normalized spacial score (nSPS) is 28.4. The first-order valence-corrected chi connectivity index (χ1v) is 9.15. The number of rotatable bonds is 4. The van der Waals surface area contributed by atoms with Crippen molar-refractivity contribution in [2.24, 2.45) is 23.7 Å². The Labute approximate surface area is 146 Å². The van der Waals surface area contributed by atoms with Crippen molar-refractivity contribution in [1.82, 2.24) is 0 Å². The summed E-state index contributed by atoms with van der Waals surface area (Å²) in [5.41, 5.74) is 0. The van der Waals surface area contributed by atoms with Gasteiger partial charge in [-0.25, -0.2) is 9.59 Å². The SMILES string of the molecule is C1CC2C3CC[C@@H](C3)[C@@H]2C1.C=CC(=O)OCC.C=CC(=O)OCC. The molecule has 3 aliphatic rings. The third kappa shape index (κ3) is 6.14. The van der Waals surface area contributed by atoms with Crippen molar-refractivity contribution in [1.29, 1.82) is 0 Å². The van der Waals surface area contributed by atoms with Gasteiger partial charge < -0.3 is 9.47 Å². The van der Waals surface area contributed by atoms with Gasteiger partial charge in [-0.3, -0.25) is 0 Å². The summed E-state index contributed by atoms with van der Waals surface area (Å²) >= 11 is 0. The van der Waals surface area contributed by atoms with Gasteiger partial charge in [-0.05, 0) is 69.6 Å². The minimum atomic E-state index is -0.359. The lowest BCUT2D eigenvalue weighted by Gasteiger charge is -2.23. The van der Waals surface area contributed by atoms with Crippen molar-refractivity contribution >= 4 is 11.9 Å². The van der Waals surface area contributed by atoms with Crippen LogP contribution in [0.5, 0.6) is 0 Å². The number of esters is 2. The first-order chi connectivity index (χ1) is 11.6. The van der Waals surface area contributed by atoms with E-state index in [0.717, 1.165) is 12.2 Å². The van der Waals surface area contributed by atoms with E-state index >= 15 is 0 Å². The molecule has 0 heterocycles. The highest BCUT2D eigenvalue weighted by Gasteiger charge is 2.48. The van der Waals surface area contributed by atoms with Gasteiger partial charge in [0.25, 0.3) is 0 Å². The summed E-state index contributed by atoms with van der Waals surface area (Å²) < 4.78 is 8.87. The quantitative estimate of drug-likeness (QED) is 0.567. The Morgan fingerprint density at radius 3 is 1.58 bits per heavy atom. The third-order valence-corrected chi connectivity index (χ3v) is 5.26. The fourth-order valence-electron chi connectivity index (χ4n) is 4.42. The molecule has 136 valence electrons. The molecule has 4 atom stereocenters. The standard InChI is InChI=1S/C10H16.2C5H8O2/c1-2-9-7-4-5-8(6-7)10(9)3-1;2*1-3-5(6)7-4-2/h7-10H,1-6H2;2*3H,1,4H2,2H3/t7-,8?,9-,10?;;/m0../s1. The highest BCUT2D eigenvalue weighted by molar-refractivity contribution is 5.81. The van der Waals surface area contributed by atoms with Gasteiger partial charge in [0.15, 0.2) is 0 Å². The Hall–Kier alpha value is -1.58. The largest absolute Gasteiger partial charge is 0.463 e. The van der Waals surface area contributed by atoms with Crippen LogP contribution in [0.4, 0.5) is 0 Å². The molecular formula is C20H32O4. The molecule has 0 aliphatic heterocycles. The van der Waals surface area contributed by atoms with Gasteiger partial charge in [0.1, 0.15) is 0 Å². The number of hydrogen-bond donors (Lipinski definition) is 0. The summed E-state index contributed by atoms with van der Waals surface area (Å²) in [4.78, 5) is 20.1. The molecular weight excluding hydrogens is 304 g/mol. The van der Waals surface area contributed by atoms with Gasteiger partial charge >= 0.3 is 11.9 Å². The molecule has 24 heavy (non-hydrogen) atoms. The maximum atomic E-state index is 10.1. The lowest BCUT2D eigenvalue weighted by molar-refractivity contribution is -0.138. The van der Waals surface area contributed by atoms with Gasteiger partial charge in [-0.1, -0.05) is 19.6 Å². The van der Waals surface area contributed by atoms with E-state index in [4.69, 9.17) is 0 Å². The van der Waals surface area contributed by atoms with Crippen LogP contribution in [0, 0.1) is 23.7 Å². The second-order valence-corrected chi connectivity index (χ2v) is 6.50. The Morgan fingerprint density at radius 1 is 0.875 bits per heavy atom. The van der Waals surface area contributed by atoms with Crippen molar-refractivity contribution in [2.45, 2.75) is 52.4 Å². The average molecular weight is 336 g/mol. The van der Waals surface area contributed by atoms with Crippen LogP contribution in [-0.4, -0.2) is 25.2 Å². The summed E-state index contributed by atoms with van der Waals surface area (Å²) in [6.45, 7) is 10.8. The first kappa shape index (κ1) is 20.5. The molecule has 0 aromatic carbocycles. The Kier molecular flexibility index (Phi) is 9.43.